The number of halogens is 1. The Morgan fingerprint density at radius 2 is 2.38 bits per heavy atom. The number of nitrogens with one attached hydrogen (secondary N) is 2. The molecule has 1 aliphatic rings. The van der Waals surface area contributed by atoms with Gasteiger partial charge in [0.1, 0.15) is 0 Å². The van der Waals surface area contributed by atoms with Crippen LogP contribution in [0.5, 0.6) is 0 Å². The van der Waals surface area contributed by atoms with Crippen molar-refractivity contribution in [2.24, 2.45) is 5.92 Å². The summed E-state index contributed by atoms with van der Waals surface area (Å²) in [5.74, 6) is 0.862. The quantitative estimate of drug-likeness (QED) is 0.887. The minimum absolute atomic E-state index is 0.862. The first-order valence-electron chi connectivity index (χ1n) is 5.96. The summed E-state index contributed by atoms with van der Waals surface area (Å²) in [7, 11) is 0. The van der Waals surface area contributed by atoms with Gasteiger partial charge >= 0.3 is 0 Å². The summed E-state index contributed by atoms with van der Waals surface area (Å²) in [4.78, 5) is 0. The van der Waals surface area contributed by atoms with Gasteiger partial charge in [0.25, 0.3) is 0 Å². The van der Waals surface area contributed by atoms with Gasteiger partial charge in [0.15, 0.2) is 0 Å². The van der Waals surface area contributed by atoms with E-state index in [4.69, 9.17) is 0 Å². The van der Waals surface area contributed by atoms with Crippen LogP contribution in [-0.2, 0) is 0 Å². The van der Waals surface area contributed by atoms with Crippen molar-refractivity contribution in [1.29, 1.82) is 0 Å². The molecule has 1 aromatic carbocycles. The van der Waals surface area contributed by atoms with E-state index in [0.717, 1.165) is 12.5 Å². The highest BCUT2D eigenvalue weighted by Gasteiger charge is 2.13. The van der Waals surface area contributed by atoms with Crippen LogP contribution < -0.4 is 10.6 Å². The van der Waals surface area contributed by atoms with E-state index >= 15 is 0 Å². The molecule has 2 rings (SSSR count). The predicted octanol–water partition coefficient (Wildman–Crippen LogP) is 3.17. The molecule has 2 nitrogen and oxygen atoms in total. The lowest BCUT2D eigenvalue weighted by Gasteiger charge is -2.11. The molecule has 2 N–H and O–H groups in total. The molecule has 1 saturated heterocycles. The molecule has 0 bridgehead atoms. The molecule has 0 amide bonds. The van der Waals surface area contributed by atoms with Crippen LogP contribution in [0, 0.1) is 12.8 Å². The van der Waals surface area contributed by atoms with Gasteiger partial charge in [-0.1, -0.05) is 22.0 Å². The van der Waals surface area contributed by atoms with E-state index in [1.54, 1.807) is 0 Å². The van der Waals surface area contributed by atoms with Crippen LogP contribution in [0.1, 0.15) is 18.4 Å². The highest BCUT2D eigenvalue weighted by Crippen LogP contribution is 2.21. The van der Waals surface area contributed by atoms with Crippen molar-refractivity contribution in [3.8, 4) is 0 Å². The predicted molar refractivity (Wildman–Crippen MR) is 73.0 cm³/mol. The Balaban J connectivity index is 1.78. The van der Waals surface area contributed by atoms with Crippen LogP contribution in [0.3, 0.4) is 0 Å². The molecule has 16 heavy (non-hydrogen) atoms. The Kier molecular flexibility index (Phi) is 4.24. The van der Waals surface area contributed by atoms with Gasteiger partial charge in [-0.15, -0.1) is 0 Å². The molecule has 0 aromatic heterocycles. The molecule has 1 unspecified atom stereocenters. The van der Waals surface area contributed by atoms with Gasteiger partial charge in [-0.05, 0) is 56.5 Å². The fraction of sp³-hybridized carbons (Fsp3) is 0.538. The zero-order valence-corrected chi connectivity index (χ0v) is 11.3. The van der Waals surface area contributed by atoms with Crippen molar-refractivity contribution in [2.45, 2.75) is 19.8 Å². The number of hydrogen-bond acceptors (Lipinski definition) is 2. The summed E-state index contributed by atoms with van der Waals surface area (Å²) in [6, 6.07) is 6.44. The van der Waals surface area contributed by atoms with Crippen molar-refractivity contribution in [3.05, 3.63) is 28.2 Å². The lowest BCUT2D eigenvalue weighted by molar-refractivity contribution is 0.549. The summed E-state index contributed by atoms with van der Waals surface area (Å²) in [6.45, 7) is 5.57. The van der Waals surface area contributed by atoms with E-state index in [1.165, 1.54) is 41.7 Å². The van der Waals surface area contributed by atoms with E-state index in [2.05, 4.69) is 51.7 Å². The number of anilines is 1. The van der Waals surface area contributed by atoms with E-state index in [9.17, 15) is 0 Å². The van der Waals surface area contributed by atoms with Gasteiger partial charge in [0.2, 0.25) is 0 Å². The van der Waals surface area contributed by atoms with Crippen LogP contribution >= 0.6 is 15.9 Å². The maximum atomic E-state index is 3.55. The lowest BCUT2D eigenvalue weighted by Crippen LogP contribution is -2.12. The van der Waals surface area contributed by atoms with Crippen LogP contribution in [-0.4, -0.2) is 19.6 Å². The van der Waals surface area contributed by atoms with Crippen LogP contribution in [0.4, 0.5) is 5.69 Å². The Hall–Kier alpha value is -0.540. The van der Waals surface area contributed by atoms with Crippen molar-refractivity contribution >= 4 is 21.6 Å². The first kappa shape index (κ1) is 11.9. The standard InChI is InChI=1S/C13H19BrN2/c1-10-2-3-12(8-13(10)14)16-7-5-11-4-6-15-9-11/h2-3,8,11,15-16H,4-7,9H2,1H3. The largest absolute Gasteiger partial charge is 0.385 e. The van der Waals surface area contributed by atoms with Gasteiger partial charge in [0.05, 0.1) is 0 Å². The number of aryl methyl sites for hydroxylation is 1. The Morgan fingerprint density at radius 1 is 1.50 bits per heavy atom. The highest BCUT2D eigenvalue weighted by atomic mass is 79.9. The average molecular weight is 283 g/mol. The maximum absolute atomic E-state index is 3.55. The first-order valence-corrected chi connectivity index (χ1v) is 6.76. The minimum atomic E-state index is 0.862. The second-order valence-corrected chi connectivity index (χ2v) is 5.39. The fourth-order valence-corrected chi connectivity index (χ4v) is 2.46. The minimum Gasteiger partial charge on any atom is -0.385 e. The summed E-state index contributed by atoms with van der Waals surface area (Å²) in [5.41, 5.74) is 2.49. The highest BCUT2D eigenvalue weighted by molar-refractivity contribution is 9.10. The zero-order chi connectivity index (χ0) is 11.4. The smallest absolute Gasteiger partial charge is 0.0351 e. The third kappa shape index (κ3) is 3.22. The van der Waals surface area contributed by atoms with Gasteiger partial charge in [-0.3, -0.25) is 0 Å². The van der Waals surface area contributed by atoms with Gasteiger partial charge in [-0.25, -0.2) is 0 Å². The van der Waals surface area contributed by atoms with Crippen molar-refractivity contribution in [2.75, 3.05) is 25.0 Å². The molecule has 1 aromatic rings. The molecule has 0 saturated carbocycles. The molecular formula is C13H19BrN2. The summed E-state index contributed by atoms with van der Waals surface area (Å²) < 4.78 is 1.18. The molecule has 0 aliphatic carbocycles. The number of hydrogen-bond donors (Lipinski definition) is 2. The van der Waals surface area contributed by atoms with Crippen LogP contribution in [0.15, 0.2) is 22.7 Å². The van der Waals surface area contributed by atoms with E-state index < -0.39 is 0 Å². The molecule has 1 atom stereocenters. The third-order valence-corrected chi connectivity index (χ3v) is 4.07. The van der Waals surface area contributed by atoms with Crippen LogP contribution in [0.2, 0.25) is 0 Å². The summed E-state index contributed by atoms with van der Waals surface area (Å²) in [5, 5.41) is 6.88. The summed E-state index contributed by atoms with van der Waals surface area (Å²) in [6.07, 6.45) is 2.60. The van der Waals surface area contributed by atoms with E-state index in [1.807, 2.05) is 0 Å². The van der Waals surface area contributed by atoms with Gasteiger partial charge in [-0.2, -0.15) is 0 Å². The fourth-order valence-electron chi connectivity index (χ4n) is 2.08. The van der Waals surface area contributed by atoms with Crippen molar-refractivity contribution < 1.29 is 0 Å². The van der Waals surface area contributed by atoms with E-state index in [0.29, 0.717) is 0 Å². The topological polar surface area (TPSA) is 24.1 Å². The van der Waals surface area contributed by atoms with Crippen LogP contribution in [0.25, 0.3) is 0 Å². The second kappa shape index (κ2) is 5.69. The Labute approximate surface area is 106 Å². The van der Waals surface area contributed by atoms with Crippen molar-refractivity contribution in [1.82, 2.24) is 5.32 Å². The lowest BCUT2D eigenvalue weighted by atomic mass is 10.1. The Morgan fingerprint density at radius 3 is 3.06 bits per heavy atom. The molecule has 1 fully saturated rings. The van der Waals surface area contributed by atoms with Gasteiger partial charge < -0.3 is 10.6 Å². The average Bonchev–Trinajstić information content (AvgIpc) is 2.76. The molecule has 3 heteroatoms. The van der Waals surface area contributed by atoms with Gasteiger partial charge in [0, 0.05) is 16.7 Å². The molecular weight excluding hydrogens is 264 g/mol. The normalized spacial score (nSPS) is 20.0. The maximum Gasteiger partial charge on any atom is 0.0351 e. The molecule has 0 radical (unpaired) electrons. The SMILES string of the molecule is Cc1ccc(NCCC2CCNC2)cc1Br. The van der Waals surface area contributed by atoms with E-state index in [-0.39, 0.29) is 0 Å². The van der Waals surface area contributed by atoms with Crippen molar-refractivity contribution in [3.63, 3.8) is 0 Å². The Bertz CT molecular complexity index is 346. The zero-order valence-electron chi connectivity index (χ0n) is 9.72. The molecule has 1 heterocycles. The number of benzene rings is 1. The second-order valence-electron chi connectivity index (χ2n) is 4.54. The summed E-state index contributed by atoms with van der Waals surface area (Å²) >= 11 is 3.55. The first-order chi connectivity index (χ1) is 7.75. The third-order valence-electron chi connectivity index (χ3n) is 3.22. The molecule has 88 valence electrons. The molecule has 1 aliphatic heterocycles. The number of rotatable bonds is 4. The molecule has 0 spiro atoms. The monoisotopic (exact) mass is 282 g/mol.